The van der Waals surface area contributed by atoms with Gasteiger partial charge in [0.2, 0.25) is 0 Å². The van der Waals surface area contributed by atoms with E-state index in [0.717, 1.165) is 21.2 Å². The van der Waals surface area contributed by atoms with Gasteiger partial charge in [0.15, 0.2) is 5.65 Å². The maximum atomic E-state index is 12.9. The van der Waals surface area contributed by atoms with Crippen LogP contribution in [0.25, 0.3) is 15.7 Å². The first-order valence-corrected chi connectivity index (χ1v) is 10.3. The van der Waals surface area contributed by atoms with Crippen molar-refractivity contribution in [1.29, 1.82) is 0 Å². The van der Waals surface area contributed by atoms with E-state index in [1.807, 2.05) is 61.5 Å². The monoisotopic (exact) mass is 414 g/mol. The van der Waals surface area contributed by atoms with E-state index in [0.29, 0.717) is 22.8 Å². The van der Waals surface area contributed by atoms with Crippen molar-refractivity contribution in [3.63, 3.8) is 0 Å². The van der Waals surface area contributed by atoms with Crippen molar-refractivity contribution in [2.24, 2.45) is 0 Å². The number of nitrogens with zero attached hydrogens (tertiary/aromatic N) is 3. The number of rotatable bonds is 4. The van der Waals surface area contributed by atoms with Gasteiger partial charge in [-0.3, -0.25) is 9.20 Å². The van der Waals surface area contributed by atoms with E-state index in [-0.39, 0.29) is 11.6 Å². The molecule has 3 aromatic heterocycles. The Kier molecular flexibility index (Phi) is 4.44. The predicted molar refractivity (Wildman–Crippen MR) is 120 cm³/mol. The van der Waals surface area contributed by atoms with E-state index in [9.17, 15) is 9.59 Å². The van der Waals surface area contributed by atoms with Crippen LogP contribution in [0.1, 0.15) is 20.8 Å². The van der Waals surface area contributed by atoms with Crippen LogP contribution in [0.2, 0.25) is 0 Å². The smallest absolute Gasteiger partial charge is 0.321 e. The number of aryl methyl sites for hydroxylation is 1. The van der Waals surface area contributed by atoms with Crippen molar-refractivity contribution >= 4 is 38.7 Å². The summed E-state index contributed by atoms with van der Waals surface area (Å²) in [4.78, 5) is 26.1. The molecule has 0 saturated heterocycles. The number of hydrogen-bond acceptors (Lipinski definition) is 4. The summed E-state index contributed by atoms with van der Waals surface area (Å²) in [5.41, 5.74) is 2.96. The molecule has 2 aromatic carbocycles. The number of anilines is 1. The molecule has 0 bridgehead atoms. The van der Waals surface area contributed by atoms with E-state index < -0.39 is 0 Å². The van der Waals surface area contributed by atoms with Gasteiger partial charge in [-0.05, 0) is 53.8 Å². The molecule has 0 atom stereocenters. The fourth-order valence-electron chi connectivity index (χ4n) is 3.57. The summed E-state index contributed by atoms with van der Waals surface area (Å²) in [7, 11) is 0. The number of pyridine rings is 1. The minimum absolute atomic E-state index is 0.129. The van der Waals surface area contributed by atoms with Crippen LogP contribution in [0.5, 0.6) is 0 Å². The molecule has 5 aromatic rings. The van der Waals surface area contributed by atoms with Crippen molar-refractivity contribution in [3.05, 3.63) is 99.4 Å². The van der Waals surface area contributed by atoms with Gasteiger partial charge in [0.05, 0.1) is 11.4 Å². The summed E-state index contributed by atoms with van der Waals surface area (Å²) < 4.78 is 4.03. The maximum Gasteiger partial charge on any atom is 0.350 e. The van der Waals surface area contributed by atoms with Gasteiger partial charge in [0, 0.05) is 16.6 Å². The number of carbonyl (C=O) groups excluding carboxylic acids is 1. The molecule has 0 aliphatic carbocycles. The highest BCUT2D eigenvalue weighted by atomic mass is 32.1. The lowest BCUT2D eigenvalue weighted by Crippen LogP contribution is -2.21. The molecule has 5 rings (SSSR count). The molecule has 0 saturated carbocycles. The number of amides is 1. The summed E-state index contributed by atoms with van der Waals surface area (Å²) in [6, 6.07) is 20.9. The first-order chi connectivity index (χ1) is 14.6. The minimum Gasteiger partial charge on any atom is -0.321 e. The summed E-state index contributed by atoms with van der Waals surface area (Å²) in [6.45, 7) is 2.30. The molecule has 0 fully saturated rings. The Labute approximate surface area is 176 Å². The zero-order valence-corrected chi connectivity index (χ0v) is 17.0. The van der Waals surface area contributed by atoms with Crippen molar-refractivity contribution in [2.75, 3.05) is 5.32 Å². The van der Waals surface area contributed by atoms with Gasteiger partial charge in [-0.1, -0.05) is 36.4 Å². The van der Waals surface area contributed by atoms with Crippen LogP contribution in [0.4, 0.5) is 5.69 Å². The second kappa shape index (κ2) is 7.27. The Morgan fingerprint density at radius 1 is 1.07 bits per heavy atom. The third kappa shape index (κ3) is 3.19. The second-order valence-corrected chi connectivity index (χ2v) is 8.13. The van der Waals surface area contributed by atoms with E-state index >= 15 is 0 Å². The lowest BCUT2D eigenvalue weighted by atomic mass is 10.1. The number of thiophene rings is 1. The lowest BCUT2D eigenvalue weighted by molar-refractivity contribution is 0.103. The highest BCUT2D eigenvalue weighted by Crippen LogP contribution is 2.31. The van der Waals surface area contributed by atoms with Crippen LogP contribution < -0.4 is 11.0 Å². The first-order valence-electron chi connectivity index (χ1n) is 9.53. The summed E-state index contributed by atoms with van der Waals surface area (Å²) in [5, 5.41) is 8.45. The van der Waals surface area contributed by atoms with Crippen LogP contribution in [0, 0.1) is 6.92 Å². The third-order valence-corrected chi connectivity index (χ3v) is 6.33. The Balaban J connectivity index is 1.40. The van der Waals surface area contributed by atoms with Crippen LogP contribution in [0.15, 0.2) is 77.7 Å². The van der Waals surface area contributed by atoms with Crippen molar-refractivity contribution < 1.29 is 4.79 Å². The average molecular weight is 414 g/mol. The van der Waals surface area contributed by atoms with Crippen LogP contribution in [-0.2, 0) is 6.54 Å². The highest BCUT2D eigenvalue weighted by Gasteiger charge is 2.15. The van der Waals surface area contributed by atoms with Gasteiger partial charge in [0.25, 0.3) is 5.91 Å². The molecule has 0 unspecified atom stereocenters. The average Bonchev–Trinajstić information content (AvgIpc) is 3.26. The molecule has 7 heteroatoms. The summed E-state index contributed by atoms with van der Waals surface area (Å²) in [5.74, 6) is -0.129. The summed E-state index contributed by atoms with van der Waals surface area (Å²) >= 11 is 1.49. The van der Waals surface area contributed by atoms with E-state index in [4.69, 9.17) is 0 Å². The van der Waals surface area contributed by atoms with Gasteiger partial charge in [-0.2, -0.15) is 0 Å². The number of fused-ring (bicyclic) bond motifs is 2. The number of carbonyl (C=O) groups is 1. The van der Waals surface area contributed by atoms with Gasteiger partial charge in [-0.15, -0.1) is 16.4 Å². The molecule has 0 aliphatic rings. The fraction of sp³-hybridized carbons (Fsp3) is 0.0870. The molecule has 3 heterocycles. The Bertz CT molecular complexity index is 1460. The van der Waals surface area contributed by atoms with E-state index in [1.54, 1.807) is 18.3 Å². The van der Waals surface area contributed by atoms with Crippen molar-refractivity contribution in [3.8, 4) is 0 Å². The van der Waals surface area contributed by atoms with Gasteiger partial charge in [0.1, 0.15) is 0 Å². The van der Waals surface area contributed by atoms with Crippen molar-refractivity contribution in [1.82, 2.24) is 14.2 Å². The van der Waals surface area contributed by atoms with Crippen LogP contribution in [0.3, 0.4) is 0 Å². The molecule has 6 nitrogen and oxygen atoms in total. The molecule has 148 valence electrons. The minimum atomic E-state index is -0.194. The Hall–Kier alpha value is -3.71. The zero-order valence-electron chi connectivity index (χ0n) is 16.2. The number of hydrogen-bond donors (Lipinski definition) is 1. The van der Waals surface area contributed by atoms with E-state index in [2.05, 4.69) is 10.4 Å². The number of nitrogens with one attached hydrogen (secondary N) is 1. The van der Waals surface area contributed by atoms with Gasteiger partial charge in [-0.25, -0.2) is 9.48 Å². The predicted octanol–water partition coefficient (Wildman–Crippen LogP) is 4.32. The molecule has 1 N–H and O–H groups in total. The SMILES string of the molecule is Cc1c(C(=O)Nc2cccc(Cn3nc4ccccn4c3=O)c2)sc2ccccc12. The maximum absolute atomic E-state index is 12.9. The standard InChI is InChI=1S/C23H18N4O2S/c1-15-18-9-2-3-10-19(18)30-21(15)22(28)24-17-8-6-7-16(13-17)14-27-23(29)26-12-5-4-11-20(26)25-27/h2-13H,14H2,1H3,(H,24,28). The van der Waals surface area contributed by atoms with Crippen LogP contribution in [-0.4, -0.2) is 20.1 Å². The second-order valence-electron chi connectivity index (χ2n) is 7.08. The van der Waals surface area contributed by atoms with E-state index in [1.165, 1.54) is 20.4 Å². The molecule has 1 amide bonds. The Morgan fingerprint density at radius 3 is 2.73 bits per heavy atom. The lowest BCUT2D eigenvalue weighted by Gasteiger charge is -2.07. The number of aromatic nitrogens is 3. The molecular weight excluding hydrogens is 396 g/mol. The van der Waals surface area contributed by atoms with Gasteiger partial charge >= 0.3 is 5.69 Å². The zero-order chi connectivity index (χ0) is 20.7. The fourth-order valence-corrected chi connectivity index (χ4v) is 4.67. The Morgan fingerprint density at radius 2 is 1.90 bits per heavy atom. The quantitative estimate of drug-likeness (QED) is 0.476. The third-order valence-electron chi connectivity index (χ3n) is 5.06. The summed E-state index contributed by atoms with van der Waals surface area (Å²) in [6.07, 6.45) is 1.70. The molecule has 0 radical (unpaired) electrons. The van der Waals surface area contributed by atoms with Crippen molar-refractivity contribution in [2.45, 2.75) is 13.5 Å². The highest BCUT2D eigenvalue weighted by molar-refractivity contribution is 7.21. The normalized spacial score (nSPS) is 11.2. The molecule has 0 aliphatic heterocycles. The number of benzene rings is 2. The topological polar surface area (TPSA) is 68.4 Å². The molecule has 30 heavy (non-hydrogen) atoms. The first kappa shape index (κ1) is 18.3. The largest absolute Gasteiger partial charge is 0.350 e. The molecule has 0 spiro atoms. The van der Waals surface area contributed by atoms with Gasteiger partial charge < -0.3 is 5.32 Å². The van der Waals surface area contributed by atoms with Crippen LogP contribution >= 0.6 is 11.3 Å². The molecular formula is C23H18N4O2S.